The molecule has 2 amide bonds. The summed E-state index contributed by atoms with van der Waals surface area (Å²) in [6.45, 7) is 2.96. The van der Waals surface area contributed by atoms with Crippen molar-refractivity contribution in [2.45, 2.75) is 51.4 Å². The summed E-state index contributed by atoms with van der Waals surface area (Å²) in [5.41, 5.74) is 2.13. The molecular formula is C24H25ClF3N3O2. The molecule has 5 nitrogen and oxygen atoms in total. The highest BCUT2D eigenvalue weighted by Crippen LogP contribution is 2.39. The number of piperidine rings is 1. The number of hydrogen-bond acceptors (Lipinski definition) is 3. The van der Waals surface area contributed by atoms with Crippen LogP contribution in [0.4, 0.5) is 24.5 Å². The lowest BCUT2D eigenvalue weighted by Gasteiger charge is -2.34. The molecule has 1 N–H and O–H groups in total. The zero-order valence-electron chi connectivity index (χ0n) is 18.2. The Morgan fingerprint density at radius 1 is 1.15 bits per heavy atom. The summed E-state index contributed by atoms with van der Waals surface area (Å²) in [6.07, 6.45) is -1.33. The van der Waals surface area contributed by atoms with Crippen LogP contribution in [0.3, 0.4) is 0 Å². The Morgan fingerprint density at radius 2 is 1.94 bits per heavy atom. The summed E-state index contributed by atoms with van der Waals surface area (Å²) in [5, 5.41) is 3.32. The Labute approximate surface area is 195 Å². The monoisotopic (exact) mass is 479 g/mol. The van der Waals surface area contributed by atoms with Gasteiger partial charge in [-0.1, -0.05) is 23.7 Å². The van der Waals surface area contributed by atoms with E-state index in [1.165, 1.54) is 13.0 Å². The van der Waals surface area contributed by atoms with Crippen LogP contribution in [0.2, 0.25) is 5.02 Å². The second-order valence-electron chi connectivity index (χ2n) is 8.55. The molecule has 0 bridgehead atoms. The number of halogens is 4. The van der Waals surface area contributed by atoms with Crippen molar-refractivity contribution >= 4 is 34.8 Å². The molecule has 1 saturated heterocycles. The van der Waals surface area contributed by atoms with Crippen molar-refractivity contribution in [2.75, 3.05) is 23.3 Å². The van der Waals surface area contributed by atoms with Crippen molar-refractivity contribution in [3.8, 4) is 0 Å². The molecule has 0 aliphatic carbocycles. The summed E-state index contributed by atoms with van der Waals surface area (Å²) in [5.74, 6) is -0.355. The molecule has 0 spiro atoms. The molecular weight excluding hydrogens is 455 g/mol. The lowest BCUT2D eigenvalue weighted by atomic mass is 10.0. The standard InChI is InChI=1S/C24H25ClF3N3O2/c1-15(32)31-9-3-2-7-21(31)23(33)29-19-12-17-8-10-30(22(17)20(25)13-19)14-16-5-4-6-18(11-16)24(26,27)28/h4-6,11-13,21H,2-3,7-10,14H2,1H3,(H,29,33)/t21-/m1/s1. The molecule has 2 aromatic rings. The first kappa shape index (κ1) is 23.4. The van der Waals surface area contributed by atoms with Crippen molar-refractivity contribution in [2.24, 2.45) is 0 Å². The molecule has 176 valence electrons. The average Bonchev–Trinajstić information content (AvgIpc) is 3.16. The van der Waals surface area contributed by atoms with E-state index in [1.54, 1.807) is 17.0 Å². The Hall–Kier alpha value is -2.74. The normalized spacial score (nSPS) is 18.3. The fourth-order valence-corrected chi connectivity index (χ4v) is 5.03. The number of amides is 2. The number of nitrogens with zero attached hydrogens (tertiary/aromatic N) is 2. The highest BCUT2D eigenvalue weighted by atomic mass is 35.5. The second-order valence-corrected chi connectivity index (χ2v) is 8.96. The Morgan fingerprint density at radius 3 is 2.67 bits per heavy atom. The quantitative estimate of drug-likeness (QED) is 0.650. The third kappa shape index (κ3) is 5.11. The largest absolute Gasteiger partial charge is 0.416 e. The van der Waals surface area contributed by atoms with Crippen LogP contribution in [0.25, 0.3) is 0 Å². The molecule has 2 aliphatic rings. The zero-order valence-corrected chi connectivity index (χ0v) is 19.0. The topological polar surface area (TPSA) is 52.7 Å². The minimum absolute atomic E-state index is 0.118. The third-order valence-corrected chi connectivity index (χ3v) is 6.50. The van der Waals surface area contributed by atoms with Gasteiger partial charge in [0.05, 0.1) is 16.3 Å². The van der Waals surface area contributed by atoms with Gasteiger partial charge in [0.25, 0.3) is 0 Å². The maximum Gasteiger partial charge on any atom is 0.416 e. The predicted molar refractivity (Wildman–Crippen MR) is 121 cm³/mol. The number of carbonyl (C=O) groups is 2. The fraction of sp³-hybridized carbons (Fsp3) is 0.417. The van der Waals surface area contributed by atoms with Gasteiger partial charge in [-0.2, -0.15) is 13.2 Å². The number of alkyl halides is 3. The van der Waals surface area contributed by atoms with Gasteiger partial charge in [-0.05, 0) is 61.1 Å². The first-order valence-electron chi connectivity index (χ1n) is 10.9. The SMILES string of the molecule is CC(=O)N1CCCC[C@@H]1C(=O)Nc1cc(Cl)c2c(c1)CCN2Cc1cccc(C(F)(F)F)c1. The van der Waals surface area contributed by atoms with E-state index in [2.05, 4.69) is 5.32 Å². The summed E-state index contributed by atoms with van der Waals surface area (Å²) in [6, 6.07) is 8.30. The van der Waals surface area contributed by atoms with Gasteiger partial charge in [-0.3, -0.25) is 9.59 Å². The lowest BCUT2D eigenvalue weighted by molar-refractivity contribution is -0.138. The van der Waals surface area contributed by atoms with Gasteiger partial charge in [0.15, 0.2) is 0 Å². The molecule has 0 aromatic heterocycles. The average molecular weight is 480 g/mol. The van der Waals surface area contributed by atoms with E-state index in [0.717, 1.165) is 36.2 Å². The van der Waals surface area contributed by atoms with Crippen molar-refractivity contribution in [1.29, 1.82) is 0 Å². The van der Waals surface area contributed by atoms with E-state index in [1.807, 2.05) is 11.0 Å². The smallest absolute Gasteiger partial charge is 0.365 e. The van der Waals surface area contributed by atoms with Crippen LogP contribution in [0, 0.1) is 0 Å². The summed E-state index contributed by atoms with van der Waals surface area (Å²) in [7, 11) is 0. The number of fused-ring (bicyclic) bond motifs is 1. The number of carbonyl (C=O) groups excluding carboxylic acids is 2. The Bertz CT molecular complexity index is 1070. The summed E-state index contributed by atoms with van der Waals surface area (Å²) in [4.78, 5) is 28.3. The molecule has 1 fully saturated rings. The lowest BCUT2D eigenvalue weighted by Crippen LogP contribution is -2.49. The number of hydrogen-bond donors (Lipinski definition) is 1. The van der Waals surface area contributed by atoms with Gasteiger partial charge < -0.3 is 15.1 Å². The predicted octanol–water partition coefficient (Wildman–Crippen LogP) is 5.26. The number of rotatable bonds is 4. The molecule has 9 heteroatoms. The molecule has 0 saturated carbocycles. The number of nitrogens with one attached hydrogen (secondary N) is 1. The van der Waals surface area contributed by atoms with Crippen LogP contribution in [0.15, 0.2) is 36.4 Å². The minimum Gasteiger partial charge on any atom is -0.365 e. The first-order valence-corrected chi connectivity index (χ1v) is 11.3. The van der Waals surface area contributed by atoms with Crippen LogP contribution >= 0.6 is 11.6 Å². The second kappa shape index (κ2) is 9.25. The molecule has 0 radical (unpaired) electrons. The van der Waals surface area contributed by atoms with E-state index in [0.29, 0.717) is 48.7 Å². The minimum atomic E-state index is -4.39. The van der Waals surface area contributed by atoms with Crippen LogP contribution < -0.4 is 10.2 Å². The van der Waals surface area contributed by atoms with Crippen molar-refractivity contribution in [1.82, 2.24) is 4.90 Å². The highest BCUT2D eigenvalue weighted by Gasteiger charge is 2.32. The zero-order chi connectivity index (χ0) is 23.8. The summed E-state index contributed by atoms with van der Waals surface area (Å²) < 4.78 is 39.1. The molecule has 33 heavy (non-hydrogen) atoms. The fourth-order valence-electron chi connectivity index (χ4n) is 4.67. The van der Waals surface area contributed by atoms with Gasteiger partial charge in [-0.15, -0.1) is 0 Å². The molecule has 2 heterocycles. The van der Waals surface area contributed by atoms with E-state index in [9.17, 15) is 22.8 Å². The number of likely N-dealkylation sites (tertiary alicyclic amines) is 1. The van der Waals surface area contributed by atoms with Crippen molar-refractivity contribution < 1.29 is 22.8 Å². The molecule has 4 rings (SSSR count). The molecule has 2 aromatic carbocycles. The van der Waals surface area contributed by atoms with E-state index in [4.69, 9.17) is 11.6 Å². The number of anilines is 2. The van der Waals surface area contributed by atoms with Gasteiger partial charge in [0, 0.05) is 32.2 Å². The molecule has 0 unspecified atom stereocenters. The van der Waals surface area contributed by atoms with Crippen LogP contribution in [0.1, 0.15) is 42.9 Å². The molecule has 2 aliphatic heterocycles. The van der Waals surface area contributed by atoms with E-state index in [-0.39, 0.29) is 11.8 Å². The van der Waals surface area contributed by atoms with Crippen LogP contribution in [-0.2, 0) is 28.7 Å². The third-order valence-electron chi connectivity index (χ3n) is 6.21. The van der Waals surface area contributed by atoms with Crippen LogP contribution in [-0.4, -0.2) is 35.8 Å². The molecule has 1 atom stereocenters. The van der Waals surface area contributed by atoms with Gasteiger partial charge >= 0.3 is 6.18 Å². The summed E-state index contributed by atoms with van der Waals surface area (Å²) >= 11 is 6.55. The maximum atomic E-state index is 13.0. The maximum absolute atomic E-state index is 13.0. The van der Waals surface area contributed by atoms with E-state index < -0.39 is 17.8 Å². The van der Waals surface area contributed by atoms with Crippen molar-refractivity contribution in [3.63, 3.8) is 0 Å². The first-order chi connectivity index (χ1) is 15.6. The van der Waals surface area contributed by atoms with Crippen LogP contribution in [0.5, 0.6) is 0 Å². The Balaban J connectivity index is 1.50. The van der Waals surface area contributed by atoms with Gasteiger partial charge in [-0.25, -0.2) is 0 Å². The number of benzene rings is 2. The van der Waals surface area contributed by atoms with Crippen molar-refractivity contribution in [3.05, 3.63) is 58.1 Å². The van der Waals surface area contributed by atoms with Gasteiger partial charge in [0.1, 0.15) is 6.04 Å². The Kier molecular flexibility index (Phi) is 6.56. The van der Waals surface area contributed by atoms with Gasteiger partial charge in [0.2, 0.25) is 11.8 Å². The highest BCUT2D eigenvalue weighted by molar-refractivity contribution is 6.34. The van der Waals surface area contributed by atoms with E-state index >= 15 is 0 Å².